The number of rotatable bonds is 7. The van der Waals surface area contributed by atoms with Crippen LogP contribution in [0.2, 0.25) is 5.02 Å². The molecule has 32 heavy (non-hydrogen) atoms. The Bertz CT molecular complexity index is 1290. The van der Waals surface area contributed by atoms with Gasteiger partial charge in [0.2, 0.25) is 0 Å². The van der Waals surface area contributed by atoms with Gasteiger partial charge in [-0.3, -0.25) is 0 Å². The lowest BCUT2D eigenvalue weighted by atomic mass is 9.97. The molecule has 6 nitrogen and oxygen atoms in total. The molecule has 0 radical (unpaired) electrons. The van der Waals surface area contributed by atoms with Crippen LogP contribution in [0, 0.1) is 12.7 Å². The lowest BCUT2D eigenvalue weighted by Crippen LogP contribution is -2.31. The fraction of sp³-hybridized carbons (Fsp3) is 0.273. The maximum atomic E-state index is 13.5. The SMILES string of the molecule is CCN(c1nc(-c2ccc(F)c(Cl)c2)sc1C)S(=O)(=O)c1ccc(C(C)C)c(C(=O)O)c1. The highest BCUT2D eigenvalue weighted by Crippen LogP contribution is 2.36. The van der Waals surface area contributed by atoms with Gasteiger partial charge in [-0.05, 0) is 55.7 Å². The van der Waals surface area contributed by atoms with Crippen LogP contribution >= 0.6 is 22.9 Å². The van der Waals surface area contributed by atoms with E-state index in [-0.39, 0.29) is 33.8 Å². The highest BCUT2D eigenvalue weighted by atomic mass is 35.5. The predicted molar refractivity (Wildman–Crippen MR) is 125 cm³/mol. The molecule has 3 aromatic rings. The molecule has 3 rings (SSSR count). The summed E-state index contributed by atoms with van der Waals surface area (Å²) in [6.45, 7) is 7.19. The Labute approximate surface area is 195 Å². The zero-order valence-corrected chi connectivity index (χ0v) is 20.3. The van der Waals surface area contributed by atoms with E-state index in [4.69, 9.17) is 11.6 Å². The number of aryl methyl sites for hydroxylation is 1. The first kappa shape index (κ1) is 24.2. The van der Waals surface area contributed by atoms with Gasteiger partial charge in [0.1, 0.15) is 10.8 Å². The normalized spacial score (nSPS) is 11.7. The van der Waals surface area contributed by atoms with Crippen LogP contribution in [-0.2, 0) is 10.0 Å². The van der Waals surface area contributed by atoms with Crippen molar-refractivity contribution in [1.82, 2.24) is 4.98 Å². The second-order valence-corrected chi connectivity index (χ2v) is 10.9. The van der Waals surface area contributed by atoms with Gasteiger partial charge in [-0.1, -0.05) is 31.5 Å². The number of nitrogens with zero attached hydrogens (tertiary/aromatic N) is 2. The van der Waals surface area contributed by atoms with E-state index >= 15 is 0 Å². The smallest absolute Gasteiger partial charge is 0.336 e. The molecule has 1 heterocycles. The van der Waals surface area contributed by atoms with Gasteiger partial charge in [-0.15, -0.1) is 11.3 Å². The molecule has 0 aliphatic carbocycles. The minimum absolute atomic E-state index is 0.0474. The summed E-state index contributed by atoms with van der Waals surface area (Å²) in [5.74, 6) is -1.58. The number of hydrogen-bond acceptors (Lipinski definition) is 5. The number of aromatic nitrogens is 1. The van der Waals surface area contributed by atoms with Gasteiger partial charge in [0, 0.05) is 17.0 Å². The molecule has 1 aromatic heterocycles. The molecular weight excluding hydrogens is 475 g/mol. The van der Waals surface area contributed by atoms with Gasteiger partial charge in [-0.25, -0.2) is 26.9 Å². The lowest BCUT2D eigenvalue weighted by molar-refractivity contribution is 0.0695. The first-order valence-corrected chi connectivity index (χ1v) is 12.4. The van der Waals surface area contributed by atoms with Crippen LogP contribution in [0.1, 0.15) is 47.5 Å². The molecular formula is C22H22ClFN2O4S2. The van der Waals surface area contributed by atoms with Crippen LogP contribution < -0.4 is 4.31 Å². The summed E-state index contributed by atoms with van der Waals surface area (Å²) in [6, 6.07) is 8.34. The average molecular weight is 497 g/mol. The van der Waals surface area contributed by atoms with Crippen LogP contribution in [-0.4, -0.2) is 31.0 Å². The highest BCUT2D eigenvalue weighted by molar-refractivity contribution is 7.92. The zero-order chi connectivity index (χ0) is 23.8. The summed E-state index contributed by atoms with van der Waals surface area (Å²) in [7, 11) is -4.08. The minimum atomic E-state index is -4.08. The van der Waals surface area contributed by atoms with E-state index in [0.29, 0.717) is 21.0 Å². The standard InChI is InChI=1S/C22H22ClFN2O4S2/c1-5-26(20-13(4)31-21(25-20)14-6-9-19(24)18(23)10-14)32(29,30)15-7-8-16(12(2)3)17(11-15)22(27)28/h6-12H,5H2,1-4H3,(H,27,28). The number of carbonyl (C=O) groups is 1. The zero-order valence-electron chi connectivity index (χ0n) is 17.9. The molecule has 10 heteroatoms. The Hall–Kier alpha value is -2.49. The molecule has 0 saturated carbocycles. The summed E-state index contributed by atoms with van der Waals surface area (Å²) < 4.78 is 41.5. The summed E-state index contributed by atoms with van der Waals surface area (Å²) in [5.41, 5.74) is 1.08. The van der Waals surface area contributed by atoms with Crippen molar-refractivity contribution in [2.24, 2.45) is 0 Å². The molecule has 0 fully saturated rings. The molecule has 1 N–H and O–H groups in total. The summed E-state index contributed by atoms with van der Waals surface area (Å²) in [4.78, 5) is 16.7. The van der Waals surface area contributed by atoms with Gasteiger partial charge < -0.3 is 5.11 Å². The van der Waals surface area contributed by atoms with Gasteiger partial charge in [0.15, 0.2) is 5.82 Å². The van der Waals surface area contributed by atoms with E-state index < -0.39 is 21.8 Å². The lowest BCUT2D eigenvalue weighted by Gasteiger charge is -2.22. The molecule has 0 aliphatic rings. The van der Waals surface area contributed by atoms with E-state index in [2.05, 4.69) is 4.98 Å². The van der Waals surface area contributed by atoms with E-state index in [9.17, 15) is 22.7 Å². The number of hydrogen-bond donors (Lipinski definition) is 1. The molecule has 0 spiro atoms. The third-order valence-electron chi connectivity index (χ3n) is 4.93. The molecule has 0 aliphatic heterocycles. The van der Waals surface area contributed by atoms with Crippen molar-refractivity contribution >= 4 is 44.7 Å². The predicted octanol–water partition coefficient (Wildman–Crippen LogP) is 5.95. The number of benzene rings is 2. The first-order chi connectivity index (χ1) is 15.0. The van der Waals surface area contributed by atoms with Crippen molar-refractivity contribution in [3.8, 4) is 10.6 Å². The Morgan fingerprint density at radius 2 is 1.94 bits per heavy atom. The number of sulfonamides is 1. The quantitative estimate of drug-likeness (QED) is 0.436. The largest absolute Gasteiger partial charge is 0.478 e. The Kier molecular flexibility index (Phi) is 6.92. The molecule has 0 bridgehead atoms. The number of aromatic carboxylic acids is 1. The number of anilines is 1. The molecule has 0 unspecified atom stereocenters. The monoisotopic (exact) mass is 496 g/mol. The van der Waals surface area contributed by atoms with Gasteiger partial charge in [0.25, 0.3) is 10.0 Å². The van der Waals surface area contributed by atoms with Gasteiger partial charge >= 0.3 is 5.97 Å². The third kappa shape index (κ3) is 4.51. The van der Waals surface area contributed by atoms with Crippen LogP contribution in [0.15, 0.2) is 41.3 Å². The van der Waals surface area contributed by atoms with E-state index in [0.717, 1.165) is 4.31 Å². The molecule has 2 aromatic carbocycles. The molecule has 0 atom stereocenters. The van der Waals surface area contributed by atoms with E-state index in [1.165, 1.54) is 47.7 Å². The van der Waals surface area contributed by atoms with E-state index in [1.807, 2.05) is 13.8 Å². The highest BCUT2D eigenvalue weighted by Gasteiger charge is 2.29. The average Bonchev–Trinajstić information content (AvgIpc) is 3.11. The fourth-order valence-electron chi connectivity index (χ4n) is 3.32. The molecule has 0 amide bonds. The van der Waals surface area contributed by atoms with Gasteiger partial charge in [-0.2, -0.15) is 0 Å². The maximum absolute atomic E-state index is 13.5. The van der Waals surface area contributed by atoms with Crippen molar-refractivity contribution in [1.29, 1.82) is 0 Å². The Morgan fingerprint density at radius 1 is 1.25 bits per heavy atom. The minimum Gasteiger partial charge on any atom is -0.478 e. The van der Waals surface area contributed by atoms with Crippen LogP contribution in [0.25, 0.3) is 10.6 Å². The van der Waals surface area contributed by atoms with Crippen molar-refractivity contribution in [2.75, 3.05) is 10.8 Å². The van der Waals surface area contributed by atoms with Crippen molar-refractivity contribution in [3.63, 3.8) is 0 Å². The van der Waals surface area contributed by atoms with Gasteiger partial charge in [0.05, 0.1) is 15.5 Å². The fourth-order valence-corrected chi connectivity index (χ4v) is 5.98. The summed E-state index contributed by atoms with van der Waals surface area (Å²) >= 11 is 7.13. The summed E-state index contributed by atoms with van der Waals surface area (Å²) in [5, 5.41) is 10.0. The second kappa shape index (κ2) is 9.17. The van der Waals surface area contributed by atoms with E-state index in [1.54, 1.807) is 13.8 Å². The van der Waals surface area contributed by atoms with Crippen LogP contribution in [0.4, 0.5) is 10.2 Å². The number of thiazole rings is 1. The summed E-state index contributed by atoms with van der Waals surface area (Å²) in [6.07, 6.45) is 0. The maximum Gasteiger partial charge on any atom is 0.336 e. The van der Waals surface area contributed by atoms with Crippen molar-refractivity contribution in [2.45, 2.75) is 38.5 Å². The number of carboxylic acids is 1. The number of carboxylic acid groups (broad SMARTS) is 1. The molecule has 170 valence electrons. The molecule has 0 saturated heterocycles. The Morgan fingerprint density at radius 3 is 2.50 bits per heavy atom. The van der Waals surface area contributed by atoms with Crippen molar-refractivity contribution in [3.05, 3.63) is 63.2 Å². The van der Waals surface area contributed by atoms with Crippen LogP contribution in [0.3, 0.4) is 0 Å². The van der Waals surface area contributed by atoms with Crippen LogP contribution in [0.5, 0.6) is 0 Å². The third-order valence-corrected chi connectivity index (χ3v) is 8.09. The number of halogens is 2. The second-order valence-electron chi connectivity index (χ2n) is 7.41. The topological polar surface area (TPSA) is 87.6 Å². The van der Waals surface area contributed by atoms with Crippen molar-refractivity contribution < 1.29 is 22.7 Å². The Balaban J connectivity index is 2.08. The first-order valence-electron chi connectivity index (χ1n) is 9.80.